The lowest BCUT2D eigenvalue weighted by Gasteiger charge is -2.21. The van der Waals surface area contributed by atoms with Crippen LogP contribution in [0.25, 0.3) is 0 Å². The molecule has 1 saturated heterocycles. The number of ether oxygens (including phenoxy) is 1. The van der Waals surface area contributed by atoms with Crippen molar-refractivity contribution in [2.75, 3.05) is 25.6 Å². The SMILES string of the molecule is COC1CNC(C(=O)N(C)c2cccc(C#N)c2)C1. The maximum atomic E-state index is 12.3. The molecule has 5 nitrogen and oxygen atoms in total. The average Bonchev–Trinajstić information content (AvgIpc) is 2.94. The zero-order valence-electron chi connectivity index (χ0n) is 11.1. The first-order chi connectivity index (χ1) is 9.15. The molecule has 1 aromatic rings. The molecule has 2 rings (SSSR count). The van der Waals surface area contributed by atoms with Crippen LogP contribution in [0.5, 0.6) is 0 Å². The molecule has 0 saturated carbocycles. The standard InChI is InChI=1S/C14H17N3O2/c1-17(11-5-3-4-10(6-11)8-15)14(18)13-7-12(19-2)9-16-13/h3-6,12-13,16H,7,9H2,1-2H3. The molecule has 0 aromatic heterocycles. The quantitative estimate of drug-likeness (QED) is 0.875. The fraction of sp³-hybridized carbons (Fsp3) is 0.429. The van der Waals surface area contributed by atoms with Crippen molar-refractivity contribution in [3.63, 3.8) is 0 Å². The minimum Gasteiger partial charge on any atom is -0.380 e. The van der Waals surface area contributed by atoms with Crippen LogP contribution in [0.2, 0.25) is 0 Å². The molecular weight excluding hydrogens is 242 g/mol. The summed E-state index contributed by atoms with van der Waals surface area (Å²) < 4.78 is 5.24. The smallest absolute Gasteiger partial charge is 0.243 e. The third-order valence-electron chi connectivity index (χ3n) is 3.42. The lowest BCUT2D eigenvalue weighted by Crippen LogP contribution is -2.41. The van der Waals surface area contributed by atoms with E-state index in [1.54, 1.807) is 37.3 Å². The number of amides is 1. The van der Waals surface area contributed by atoms with E-state index in [1.165, 1.54) is 0 Å². The average molecular weight is 259 g/mol. The molecule has 2 unspecified atom stereocenters. The van der Waals surface area contributed by atoms with Gasteiger partial charge in [-0.25, -0.2) is 0 Å². The fourth-order valence-corrected chi connectivity index (χ4v) is 2.22. The van der Waals surface area contributed by atoms with Gasteiger partial charge in [0, 0.05) is 26.4 Å². The van der Waals surface area contributed by atoms with E-state index in [4.69, 9.17) is 10.00 Å². The first kappa shape index (κ1) is 13.5. The lowest BCUT2D eigenvalue weighted by atomic mass is 10.1. The summed E-state index contributed by atoms with van der Waals surface area (Å²) in [6, 6.07) is 8.88. The molecule has 0 bridgehead atoms. The summed E-state index contributed by atoms with van der Waals surface area (Å²) in [5, 5.41) is 12.0. The second kappa shape index (κ2) is 5.83. The van der Waals surface area contributed by atoms with E-state index >= 15 is 0 Å². The number of anilines is 1. The number of hydrogen-bond donors (Lipinski definition) is 1. The second-order valence-electron chi connectivity index (χ2n) is 4.61. The topological polar surface area (TPSA) is 65.4 Å². The predicted molar refractivity (Wildman–Crippen MR) is 71.8 cm³/mol. The largest absolute Gasteiger partial charge is 0.380 e. The van der Waals surface area contributed by atoms with Crippen molar-refractivity contribution in [2.24, 2.45) is 0 Å². The normalized spacial score (nSPS) is 21.9. The van der Waals surface area contributed by atoms with Crippen LogP contribution in [0.4, 0.5) is 5.69 Å². The van der Waals surface area contributed by atoms with E-state index in [2.05, 4.69) is 11.4 Å². The summed E-state index contributed by atoms with van der Waals surface area (Å²) >= 11 is 0. The maximum Gasteiger partial charge on any atom is 0.243 e. The Kier molecular flexibility index (Phi) is 4.15. The summed E-state index contributed by atoms with van der Waals surface area (Å²) in [5.74, 6) is -0.00496. The van der Waals surface area contributed by atoms with Crippen LogP contribution in [0.15, 0.2) is 24.3 Å². The minimum atomic E-state index is -0.222. The molecule has 1 aliphatic rings. The third kappa shape index (κ3) is 2.92. The van der Waals surface area contributed by atoms with Crippen molar-refractivity contribution in [1.29, 1.82) is 5.26 Å². The molecule has 1 aromatic carbocycles. The highest BCUT2D eigenvalue weighted by atomic mass is 16.5. The van der Waals surface area contributed by atoms with E-state index in [1.807, 2.05) is 6.07 Å². The predicted octanol–water partition coefficient (Wildman–Crippen LogP) is 0.898. The summed E-state index contributed by atoms with van der Waals surface area (Å²) in [4.78, 5) is 13.9. The molecule has 1 heterocycles. The Morgan fingerprint density at radius 3 is 3.00 bits per heavy atom. The Morgan fingerprint density at radius 1 is 1.58 bits per heavy atom. The molecule has 2 atom stereocenters. The second-order valence-corrected chi connectivity index (χ2v) is 4.61. The van der Waals surface area contributed by atoms with Crippen LogP contribution in [0.3, 0.4) is 0 Å². The van der Waals surface area contributed by atoms with Crippen molar-refractivity contribution >= 4 is 11.6 Å². The maximum absolute atomic E-state index is 12.3. The van der Waals surface area contributed by atoms with Gasteiger partial charge in [0.05, 0.1) is 23.8 Å². The van der Waals surface area contributed by atoms with Crippen molar-refractivity contribution in [1.82, 2.24) is 5.32 Å². The van der Waals surface area contributed by atoms with Crippen molar-refractivity contribution < 1.29 is 9.53 Å². The molecule has 0 radical (unpaired) electrons. The van der Waals surface area contributed by atoms with Gasteiger partial charge < -0.3 is 15.0 Å². The van der Waals surface area contributed by atoms with Gasteiger partial charge in [0.2, 0.25) is 5.91 Å². The molecule has 0 spiro atoms. The highest BCUT2D eigenvalue weighted by Crippen LogP contribution is 2.18. The minimum absolute atomic E-state index is 0.00496. The number of nitrogens with zero attached hydrogens (tertiary/aromatic N) is 2. The summed E-state index contributed by atoms with van der Waals surface area (Å²) in [6.07, 6.45) is 0.769. The number of benzene rings is 1. The van der Waals surface area contributed by atoms with Gasteiger partial charge in [0.1, 0.15) is 0 Å². The highest BCUT2D eigenvalue weighted by molar-refractivity contribution is 5.97. The molecule has 0 aliphatic carbocycles. The van der Waals surface area contributed by atoms with E-state index in [-0.39, 0.29) is 18.1 Å². The number of hydrogen-bond acceptors (Lipinski definition) is 4. The molecule has 100 valence electrons. The van der Waals surface area contributed by atoms with E-state index in [0.717, 1.165) is 5.69 Å². The zero-order valence-corrected chi connectivity index (χ0v) is 11.1. The number of carbonyl (C=O) groups is 1. The van der Waals surface area contributed by atoms with Crippen LogP contribution >= 0.6 is 0 Å². The van der Waals surface area contributed by atoms with E-state index in [0.29, 0.717) is 18.5 Å². The highest BCUT2D eigenvalue weighted by Gasteiger charge is 2.31. The fourth-order valence-electron chi connectivity index (χ4n) is 2.22. The first-order valence-electron chi connectivity index (χ1n) is 6.19. The molecular formula is C14H17N3O2. The molecule has 5 heteroatoms. The summed E-state index contributed by atoms with van der Waals surface area (Å²) in [6.45, 7) is 0.693. The van der Waals surface area contributed by atoms with Gasteiger partial charge >= 0.3 is 0 Å². The zero-order chi connectivity index (χ0) is 13.8. The number of rotatable bonds is 3. The number of carbonyl (C=O) groups excluding carboxylic acids is 1. The third-order valence-corrected chi connectivity index (χ3v) is 3.42. The van der Waals surface area contributed by atoms with Crippen molar-refractivity contribution in [2.45, 2.75) is 18.6 Å². The number of likely N-dealkylation sites (N-methyl/N-ethyl adjacent to an activating group) is 1. The Balaban J connectivity index is 2.09. The molecule has 1 aliphatic heterocycles. The Bertz CT molecular complexity index is 510. The Hall–Kier alpha value is -1.90. The van der Waals surface area contributed by atoms with E-state index in [9.17, 15) is 4.79 Å². The van der Waals surface area contributed by atoms with Crippen LogP contribution in [-0.4, -0.2) is 38.8 Å². The van der Waals surface area contributed by atoms with Crippen molar-refractivity contribution in [3.05, 3.63) is 29.8 Å². The van der Waals surface area contributed by atoms with Crippen LogP contribution in [0.1, 0.15) is 12.0 Å². The number of nitrogens with one attached hydrogen (secondary N) is 1. The number of methoxy groups -OCH3 is 1. The van der Waals surface area contributed by atoms with E-state index < -0.39 is 0 Å². The Morgan fingerprint density at radius 2 is 2.37 bits per heavy atom. The van der Waals surface area contributed by atoms with Crippen LogP contribution in [0, 0.1) is 11.3 Å². The van der Waals surface area contributed by atoms with Gasteiger partial charge in [-0.15, -0.1) is 0 Å². The lowest BCUT2D eigenvalue weighted by molar-refractivity contribution is -0.120. The van der Waals surface area contributed by atoms with Crippen LogP contribution < -0.4 is 10.2 Å². The van der Waals surface area contributed by atoms with Gasteiger partial charge in [-0.2, -0.15) is 5.26 Å². The summed E-state index contributed by atoms with van der Waals surface area (Å²) in [7, 11) is 3.37. The first-order valence-corrected chi connectivity index (χ1v) is 6.19. The van der Waals surface area contributed by atoms with Crippen LogP contribution in [-0.2, 0) is 9.53 Å². The van der Waals surface area contributed by atoms with Crippen molar-refractivity contribution in [3.8, 4) is 6.07 Å². The molecule has 1 amide bonds. The Labute approximate surface area is 112 Å². The van der Waals surface area contributed by atoms with Gasteiger partial charge in [-0.05, 0) is 24.6 Å². The summed E-state index contributed by atoms with van der Waals surface area (Å²) in [5.41, 5.74) is 1.28. The van der Waals surface area contributed by atoms with Gasteiger partial charge in [0.25, 0.3) is 0 Å². The number of nitriles is 1. The monoisotopic (exact) mass is 259 g/mol. The molecule has 1 N–H and O–H groups in total. The van der Waals surface area contributed by atoms with Gasteiger partial charge in [-0.3, -0.25) is 4.79 Å². The van der Waals surface area contributed by atoms with Gasteiger partial charge in [0.15, 0.2) is 0 Å². The van der Waals surface area contributed by atoms with Gasteiger partial charge in [-0.1, -0.05) is 6.07 Å². The molecule has 19 heavy (non-hydrogen) atoms. The molecule has 1 fully saturated rings.